The van der Waals surface area contributed by atoms with E-state index in [0.29, 0.717) is 32.5 Å². The second-order valence-corrected chi connectivity index (χ2v) is 9.16. The molecule has 0 saturated carbocycles. The number of aryl methyl sites for hydroxylation is 2. The fraction of sp³-hybridized carbons (Fsp3) is 0.625. The summed E-state index contributed by atoms with van der Waals surface area (Å²) in [5.74, 6) is 0.147. The molecule has 1 amide bonds. The molecule has 3 atom stereocenters. The van der Waals surface area contributed by atoms with Gasteiger partial charge >= 0.3 is 0 Å². The van der Waals surface area contributed by atoms with Crippen LogP contribution in [0.4, 0.5) is 0 Å². The number of aromatic nitrogens is 3. The van der Waals surface area contributed by atoms with Gasteiger partial charge in [-0.25, -0.2) is 0 Å². The first kappa shape index (κ1) is 24.4. The summed E-state index contributed by atoms with van der Waals surface area (Å²) in [6, 6.07) is 8.34. The van der Waals surface area contributed by atoms with Gasteiger partial charge in [-0.3, -0.25) is 14.4 Å². The summed E-state index contributed by atoms with van der Waals surface area (Å²) in [5.41, 5.74) is 3.30. The topological polar surface area (TPSA) is 83.7 Å². The number of hydrogen-bond donors (Lipinski definition) is 1. The molecule has 0 spiro atoms. The highest BCUT2D eigenvalue weighted by Crippen LogP contribution is 2.18. The van der Waals surface area contributed by atoms with Gasteiger partial charge in [0, 0.05) is 38.5 Å². The number of rotatable bonds is 6. The molecule has 0 radical (unpaired) electrons. The lowest BCUT2D eigenvalue weighted by atomic mass is 10.0. The molecule has 1 N–H and O–H groups in total. The molecule has 2 aromatic rings. The zero-order chi connectivity index (χ0) is 23.1. The van der Waals surface area contributed by atoms with Gasteiger partial charge < -0.3 is 14.7 Å². The standard InChI is InChI=1S/C24H37N5O3/c1-18-7-9-21(10-8-18)13-27(4)15-23-19(2)12-29(20(3)16-30)24(31)6-5-11-28-14-22(17-32-23)25-26-28/h7-10,14,19-20,23,30H,5-6,11-13,15-17H2,1-4H3/t19-,20-,23-/m1/s1. The van der Waals surface area contributed by atoms with E-state index in [0.717, 1.165) is 18.8 Å². The number of ether oxygens (including phenoxy) is 1. The second-order valence-electron chi connectivity index (χ2n) is 9.16. The Bertz CT molecular complexity index is 854. The summed E-state index contributed by atoms with van der Waals surface area (Å²) in [7, 11) is 2.09. The molecule has 2 bridgehead atoms. The number of likely N-dealkylation sites (N-methyl/N-ethyl adjacent to an activating group) is 1. The van der Waals surface area contributed by atoms with Crippen LogP contribution in [-0.2, 0) is 29.2 Å². The predicted molar refractivity (Wildman–Crippen MR) is 123 cm³/mol. The minimum Gasteiger partial charge on any atom is -0.394 e. The molecule has 8 nitrogen and oxygen atoms in total. The van der Waals surface area contributed by atoms with Crippen molar-refractivity contribution in [1.82, 2.24) is 24.8 Å². The first-order chi connectivity index (χ1) is 15.4. The first-order valence-electron chi connectivity index (χ1n) is 11.5. The molecule has 0 aliphatic carbocycles. The smallest absolute Gasteiger partial charge is 0.222 e. The quantitative estimate of drug-likeness (QED) is 0.737. The highest BCUT2D eigenvalue weighted by atomic mass is 16.5. The molecule has 1 aliphatic heterocycles. The Labute approximate surface area is 191 Å². The van der Waals surface area contributed by atoms with Gasteiger partial charge in [-0.2, -0.15) is 0 Å². The minimum atomic E-state index is -0.224. The number of amides is 1. The van der Waals surface area contributed by atoms with Gasteiger partial charge in [-0.05, 0) is 32.9 Å². The Kier molecular flexibility index (Phi) is 8.78. The molecule has 0 saturated heterocycles. The van der Waals surface area contributed by atoms with E-state index in [4.69, 9.17) is 4.74 Å². The van der Waals surface area contributed by atoms with Crippen molar-refractivity contribution in [1.29, 1.82) is 0 Å². The number of hydrogen-bond acceptors (Lipinski definition) is 6. The van der Waals surface area contributed by atoms with Crippen LogP contribution in [-0.4, -0.2) is 74.7 Å². The van der Waals surface area contributed by atoms with Crippen LogP contribution in [0.25, 0.3) is 0 Å². The molecule has 1 aromatic carbocycles. The normalized spacial score (nSPS) is 21.7. The average molecular weight is 444 g/mol. The van der Waals surface area contributed by atoms with E-state index in [2.05, 4.69) is 60.4 Å². The van der Waals surface area contributed by atoms with E-state index in [9.17, 15) is 9.90 Å². The van der Waals surface area contributed by atoms with E-state index < -0.39 is 0 Å². The number of carbonyl (C=O) groups is 1. The van der Waals surface area contributed by atoms with E-state index in [1.54, 1.807) is 4.68 Å². The number of nitrogens with zero attached hydrogens (tertiary/aromatic N) is 5. The molecular formula is C24H37N5O3. The highest BCUT2D eigenvalue weighted by Gasteiger charge is 2.28. The Hall–Kier alpha value is -2.29. The van der Waals surface area contributed by atoms with Crippen molar-refractivity contribution in [3.8, 4) is 0 Å². The van der Waals surface area contributed by atoms with E-state index in [1.807, 2.05) is 18.0 Å². The largest absolute Gasteiger partial charge is 0.394 e. The lowest BCUT2D eigenvalue weighted by molar-refractivity contribution is -0.136. The van der Waals surface area contributed by atoms with E-state index >= 15 is 0 Å². The Balaban J connectivity index is 1.75. The summed E-state index contributed by atoms with van der Waals surface area (Å²) in [6.45, 7) is 9.16. The Morgan fingerprint density at radius 2 is 2.06 bits per heavy atom. The molecule has 1 aliphatic rings. The molecule has 1 aromatic heterocycles. The van der Waals surface area contributed by atoms with Gasteiger partial charge in [0.15, 0.2) is 0 Å². The third kappa shape index (κ3) is 6.85. The fourth-order valence-electron chi connectivity index (χ4n) is 4.07. The number of carbonyl (C=O) groups excluding carboxylic acids is 1. The van der Waals surface area contributed by atoms with Gasteiger partial charge in [0.25, 0.3) is 0 Å². The SMILES string of the molecule is Cc1ccc(CN(C)C[C@H]2OCc3cn(nn3)CCCC(=O)N([C@H](C)CO)C[C@H]2C)cc1. The summed E-state index contributed by atoms with van der Waals surface area (Å²) in [6.07, 6.45) is 2.91. The summed E-state index contributed by atoms with van der Waals surface area (Å²) in [5, 5.41) is 18.1. The zero-order valence-electron chi connectivity index (χ0n) is 19.8. The average Bonchev–Trinajstić information content (AvgIpc) is 3.23. The predicted octanol–water partition coefficient (Wildman–Crippen LogP) is 2.24. The summed E-state index contributed by atoms with van der Waals surface area (Å²) >= 11 is 0. The Morgan fingerprint density at radius 1 is 1.31 bits per heavy atom. The van der Waals surface area contributed by atoms with Crippen LogP contribution in [0.5, 0.6) is 0 Å². The van der Waals surface area contributed by atoms with Crippen LogP contribution in [0.3, 0.4) is 0 Å². The van der Waals surface area contributed by atoms with Crippen LogP contribution in [0, 0.1) is 12.8 Å². The van der Waals surface area contributed by atoms with Gasteiger partial charge in [-0.1, -0.05) is 42.0 Å². The summed E-state index contributed by atoms with van der Waals surface area (Å²) < 4.78 is 8.10. The van der Waals surface area contributed by atoms with E-state index in [-0.39, 0.29) is 30.6 Å². The molecule has 3 rings (SSSR count). The maximum absolute atomic E-state index is 12.9. The molecule has 32 heavy (non-hydrogen) atoms. The highest BCUT2D eigenvalue weighted by molar-refractivity contribution is 5.76. The van der Waals surface area contributed by atoms with Gasteiger partial charge in [0.05, 0.1) is 31.6 Å². The first-order valence-corrected chi connectivity index (χ1v) is 11.5. The van der Waals surface area contributed by atoms with Crippen LogP contribution in [0.2, 0.25) is 0 Å². The monoisotopic (exact) mass is 443 g/mol. The van der Waals surface area contributed by atoms with Crippen molar-refractivity contribution in [2.75, 3.05) is 26.7 Å². The molecule has 0 unspecified atom stereocenters. The van der Waals surface area contributed by atoms with Crippen LogP contribution in [0.1, 0.15) is 43.5 Å². The fourth-order valence-corrected chi connectivity index (χ4v) is 4.07. The number of fused-ring (bicyclic) bond motifs is 2. The van der Waals surface area contributed by atoms with Crippen molar-refractivity contribution in [3.63, 3.8) is 0 Å². The molecule has 176 valence electrons. The van der Waals surface area contributed by atoms with Crippen molar-refractivity contribution in [2.24, 2.45) is 5.92 Å². The van der Waals surface area contributed by atoms with Crippen molar-refractivity contribution in [2.45, 2.75) is 65.5 Å². The van der Waals surface area contributed by atoms with E-state index in [1.165, 1.54) is 11.1 Å². The maximum atomic E-state index is 12.9. The lowest BCUT2D eigenvalue weighted by Gasteiger charge is -2.35. The van der Waals surface area contributed by atoms with Gasteiger partial charge in [0.2, 0.25) is 5.91 Å². The lowest BCUT2D eigenvalue weighted by Crippen LogP contribution is -2.47. The molecular weight excluding hydrogens is 406 g/mol. The van der Waals surface area contributed by atoms with Crippen molar-refractivity contribution < 1.29 is 14.6 Å². The molecule has 0 fully saturated rings. The van der Waals surface area contributed by atoms with Gasteiger partial charge in [0.1, 0.15) is 5.69 Å². The van der Waals surface area contributed by atoms with Crippen LogP contribution in [0.15, 0.2) is 30.5 Å². The maximum Gasteiger partial charge on any atom is 0.222 e. The number of aliphatic hydroxyl groups is 1. The zero-order valence-corrected chi connectivity index (χ0v) is 19.8. The van der Waals surface area contributed by atoms with Crippen LogP contribution < -0.4 is 0 Å². The Morgan fingerprint density at radius 3 is 2.78 bits per heavy atom. The number of benzene rings is 1. The number of aliphatic hydroxyl groups excluding tert-OH is 1. The molecule has 8 heteroatoms. The third-order valence-corrected chi connectivity index (χ3v) is 6.11. The molecule has 2 heterocycles. The summed E-state index contributed by atoms with van der Waals surface area (Å²) in [4.78, 5) is 17.0. The second kappa shape index (κ2) is 11.5. The third-order valence-electron chi connectivity index (χ3n) is 6.11. The minimum absolute atomic E-state index is 0.0522. The van der Waals surface area contributed by atoms with Crippen LogP contribution >= 0.6 is 0 Å². The van der Waals surface area contributed by atoms with Crippen molar-refractivity contribution >= 4 is 5.91 Å². The van der Waals surface area contributed by atoms with Crippen molar-refractivity contribution in [3.05, 3.63) is 47.3 Å². The van der Waals surface area contributed by atoms with Gasteiger partial charge in [-0.15, -0.1) is 5.10 Å².